The molecule has 2 aromatic rings. The van der Waals surface area contributed by atoms with Gasteiger partial charge in [0.05, 0.1) is 27.4 Å². The van der Waals surface area contributed by atoms with Gasteiger partial charge in [-0.05, 0) is 37.1 Å². The summed E-state index contributed by atoms with van der Waals surface area (Å²) in [5.41, 5.74) is 0. The van der Waals surface area contributed by atoms with Crippen LogP contribution in [0, 0.1) is 0 Å². The third kappa shape index (κ3) is 9.43. The van der Waals surface area contributed by atoms with Crippen molar-refractivity contribution in [3.63, 3.8) is 0 Å². The minimum absolute atomic E-state index is 0.761. The summed E-state index contributed by atoms with van der Waals surface area (Å²) >= 11 is 0. The highest BCUT2D eigenvalue weighted by Crippen LogP contribution is 2.26. The van der Waals surface area contributed by atoms with Gasteiger partial charge in [0.2, 0.25) is 0 Å². The van der Waals surface area contributed by atoms with Crippen LogP contribution < -0.4 is 18.9 Å². The van der Waals surface area contributed by atoms with Crippen LogP contribution in [-0.2, 0) is 0 Å². The van der Waals surface area contributed by atoms with E-state index in [1.54, 1.807) is 14.2 Å². The second kappa shape index (κ2) is 15.5. The molecule has 0 radical (unpaired) electrons. The lowest BCUT2D eigenvalue weighted by Gasteiger charge is -2.10. The highest BCUT2D eigenvalue weighted by atomic mass is 16.5. The van der Waals surface area contributed by atoms with Crippen molar-refractivity contribution < 1.29 is 18.9 Å². The van der Waals surface area contributed by atoms with Crippen LogP contribution in [0.25, 0.3) is 0 Å². The van der Waals surface area contributed by atoms with Crippen molar-refractivity contribution in [3.05, 3.63) is 48.5 Å². The van der Waals surface area contributed by atoms with E-state index in [4.69, 9.17) is 18.9 Å². The zero-order valence-corrected chi connectivity index (χ0v) is 18.7. The summed E-state index contributed by atoms with van der Waals surface area (Å²) in [6.45, 7) is 1.52. The Hall–Kier alpha value is -2.36. The lowest BCUT2D eigenvalue weighted by Crippen LogP contribution is -1.99. The van der Waals surface area contributed by atoms with Crippen molar-refractivity contribution in [2.24, 2.45) is 0 Å². The van der Waals surface area contributed by atoms with Gasteiger partial charge < -0.3 is 18.9 Å². The molecule has 0 aliphatic rings. The zero-order valence-electron chi connectivity index (χ0n) is 18.7. The monoisotopic (exact) mass is 414 g/mol. The SMILES string of the molecule is COc1ccccc1OCCCCCCCCCCCCOc1ccccc1OC. The van der Waals surface area contributed by atoms with Crippen molar-refractivity contribution in [1.29, 1.82) is 0 Å². The van der Waals surface area contributed by atoms with Crippen LogP contribution in [0.4, 0.5) is 0 Å². The minimum atomic E-state index is 0.761. The largest absolute Gasteiger partial charge is 0.493 e. The molecule has 0 aliphatic carbocycles. The first-order valence-electron chi connectivity index (χ1n) is 11.4. The molecule has 0 aliphatic heterocycles. The average Bonchev–Trinajstić information content (AvgIpc) is 2.79. The third-order valence-electron chi connectivity index (χ3n) is 5.19. The second-order valence-electron chi connectivity index (χ2n) is 7.53. The van der Waals surface area contributed by atoms with E-state index in [9.17, 15) is 0 Å². The molecule has 4 nitrogen and oxygen atoms in total. The van der Waals surface area contributed by atoms with E-state index in [0.717, 1.165) is 49.1 Å². The van der Waals surface area contributed by atoms with Gasteiger partial charge in [-0.3, -0.25) is 0 Å². The molecule has 0 unspecified atom stereocenters. The summed E-state index contributed by atoms with van der Waals surface area (Å²) in [6, 6.07) is 15.7. The van der Waals surface area contributed by atoms with Gasteiger partial charge in [-0.25, -0.2) is 0 Å². The average molecular weight is 415 g/mol. The molecule has 166 valence electrons. The smallest absolute Gasteiger partial charge is 0.161 e. The van der Waals surface area contributed by atoms with E-state index < -0.39 is 0 Å². The van der Waals surface area contributed by atoms with Crippen LogP contribution in [0.5, 0.6) is 23.0 Å². The molecule has 0 aromatic heterocycles. The Morgan fingerprint density at radius 2 is 0.733 bits per heavy atom. The molecule has 2 rings (SSSR count). The summed E-state index contributed by atoms with van der Waals surface area (Å²) in [5.74, 6) is 3.30. The summed E-state index contributed by atoms with van der Waals surface area (Å²) in [4.78, 5) is 0. The van der Waals surface area contributed by atoms with Gasteiger partial charge in [-0.2, -0.15) is 0 Å². The number of unbranched alkanes of at least 4 members (excludes halogenated alkanes) is 9. The summed E-state index contributed by atoms with van der Waals surface area (Å²) < 4.78 is 22.2. The first-order chi connectivity index (χ1) is 14.8. The molecule has 0 bridgehead atoms. The topological polar surface area (TPSA) is 36.9 Å². The maximum atomic E-state index is 5.82. The summed E-state index contributed by atoms with van der Waals surface area (Å²) in [5, 5.41) is 0. The van der Waals surface area contributed by atoms with Gasteiger partial charge in [-0.15, -0.1) is 0 Å². The zero-order chi connectivity index (χ0) is 21.3. The van der Waals surface area contributed by atoms with Crippen molar-refractivity contribution in [2.75, 3.05) is 27.4 Å². The van der Waals surface area contributed by atoms with Crippen LogP contribution in [0.15, 0.2) is 48.5 Å². The number of methoxy groups -OCH3 is 2. The molecule has 0 saturated heterocycles. The predicted molar refractivity (Wildman–Crippen MR) is 123 cm³/mol. The number of para-hydroxylation sites is 4. The fraction of sp³-hybridized carbons (Fsp3) is 0.538. The van der Waals surface area contributed by atoms with E-state index in [1.807, 2.05) is 48.5 Å². The van der Waals surface area contributed by atoms with E-state index >= 15 is 0 Å². The first-order valence-corrected chi connectivity index (χ1v) is 11.4. The number of benzene rings is 2. The van der Waals surface area contributed by atoms with Crippen molar-refractivity contribution in [3.8, 4) is 23.0 Å². The highest BCUT2D eigenvalue weighted by molar-refractivity contribution is 5.39. The molecule has 30 heavy (non-hydrogen) atoms. The number of ether oxygens (including phenoxy) is 4. The maximum Gasteiger partial charge on any atom is 0.161 e. The van der Waals surface area contributed by atoms with Gasteiger partial charge >= 0.3 is 0 Å². The van der Waals surface area contributed by atoms with Gasteiger partial charge in [0.1, 0.15) is 0 Å². The maximum absolute atomic E-state index is 5.82. The lowest BCUT2D eigenvalue weighted by molar-refractivity contribution is 0.283. The third-order valence-corrected chi connectivity index (χ3v) is 5.19. The molecule has 4 heteroatoms. The van der Waals surface area contributed by atoms with Crippen LogP contribution in [0.3, 0.4) is 0 Å². The van der Waals surface area contributed by atoms with E-state index in [0.29, 0.717) is 0 Å². The molecule has 0 amide bonds. The fourth-order valence-electron chi connectivity index (χ4n) is 3.46. The van der Waals surface area contributed by atoms with Crippen LogP contribution in [-0.4, -0.2) is 27.4 Å². The molecule has 0 atom stereocenters. The number of hydrogen-bond donors (Lipinski definition) is 0. The Morgan fingerprint density at radius 1 is 0.433 bits per heavy atom. The van der Waals surface area contributed by atoms with Gasteiger partial charge in [0.15, 0.2) is 23.0 Å². The lowest BCUT2D eigenvalue weighted by atomic mass is 10.1. The van der Waals surface area contributed by atoms with Gasteiger partial charge in [0, 0.05) is 0 Å². The summed E-state index contributed by atoms with van der Waals surface area (Å²) in [7, 11) is 3.36. The van der Waals surface area contributed by atoms with E-state index in [-0.39, 0.29) is 0 Å². The predicted octanol–water partition coefficient (Wildman–Crippen LogP) is 7.06. The molecule has 0 N–H and O–H groups in total. The van der Waals surface area contributed by atoms with Crippen LogP contribution in [0.1, 0.15) is 64.2 Å². The second-order valence-corrected chi connectivity index (χ2v) is 7.53. The van der Waals surface area contributed by atoms with Gasteiger partial charge in [-0.1, -0.05) is 75.6 Å². The Bertz CT molecular complexity index is 627. The summed E-state index contributed by atoms with van der Waals surface area (Å²) in [6.07, 6.45) is 12.6. The number of hydrogen-bond acceptors (Lipinski definition) is 4. The van der Waals surface area contributed by atoms with Crippen molar-refractivity contribution >= 4 is 0 Å². The normalized spacial score (nSPS) is 10.6. The molecule has 0 saturated carbocycles. The first kappa shape index (κ1) is 23.9. The highest BCUT2D eigenvalue weighted by Gasteiger charge is 2.03. The standard InChI is InChI=1S/C26H38O4/c1-27-23-17-11-13-19-25(23)29-21-15-9-7-5-3-4-6-8-10-16-22-30-26-20-14-12-18-24(26)28-2/h11-14,17-20H,3-10,15-16,21-22H2,1-2H3. The quantitative estimate of drug-likeness (QED) is 0.260. The molecule has 0 fully saturated rings. The molecule has 0 spiro atoms. The minimum Gasteiger partial charge on any atom is -0.493 e. The van der Waals surface area contributed by atoms with Crippen LogP contribution in [0.2, 0.25) is 0 Å². The fourth-order valence-corrected chi connectivity index (χ4v) is 3.46. The number of rotatable bonds is 17. The Labute approximate surface area is 182 Å². The molecular weight excluding hydrogens is 376 g/mol. The Morgan fingerprint density at radius 3 is 1.07 bits per heavy atom. The van der Waals surface area contributed by atoms with E-state index in [2.05, 4.69) is 0 Å². The van der Waals surface area contributed by atoms with Crippen molar-refractivity contribution in [2.45, 2.75) is 64.2 Å². The van der Waals surface area contributed by atoms with E-state index in [1.165, 1.54) is 51.4 Å². The Balaban J connectivity index is 1.36. The van der Waals surface area contributed by atoms with Crippen LogP contribution >= 0.6 is 0 Å². The molecule has 2 aromatic carbocycles. The van der Waals surface area contributed by atoms with Crippen molar-refractivity contribution in [1.82, 2.24) is 0 Å². The Kier molecular flexibility index (Phi) is 12.3. The molecule has 0 heterocycles. The van der Waals surface area contributed by atoms with Gasteiger partial charge in [0.25, 0.3) is 0 Å². The molecular formula is C26H38O4.